The number of halogens is 1. The minimum Gasteiger partial charge on any atom is -0.492 e. The third-order valence-corrected chi connectivity index (χ3v) is 5.53. The minimum atomic E-state index is -0.384. The van der Waals surface area contributed by atoms with E-state index in [9.17, 15) is 9.59 Å². The van der Waals surface area contributed by atoms with Crippen LogP contribution in [0.3, 0.4) is 0 Å². The van der Waals surface area contributed by atoms with Crippen molar-refractivity contribution in [3.05, 3.63) is 51.7 Å². The molecule has 2 aromatic rings. The van der Waals surface area contributed by atoms with E-state index in [4.69, 9.17) is 16.3 Å². The molecule has 0 unspecified atom stereocenters. The molecule has 1 saturated heterocycles. The molecular formula is C19H21ClN2O3S. The van der Waals surface area contributed by atoms with Gasteiger partial charge in [0.2, 0.25) is 5.91 Å². The van der Waals surface area contributed by atoms with Crippen LogP contribution >= 0.6 is 22.9 Å². The number of amides is 2. The van der Waals surface area contributed by atoms with Crippen molar-refractivity contribution in [1.82, 2.24) is 9.80 Å². The summed E-state index contributed by atoms with van der Waals surface area (Å²) in [7, 11) is 1.75. The van der Waals surface area contributed by atoms with Crippen LogP contribution < -0.4 is 4.74 Å². The normalized spacial score (nSPS) is 16.5. The van der Waals surface area contributed by atoms with E-state index < -0.39 is 0 Å². The van der Waals surface area contributed by atoms with Gasteiger partial charge < -0.3 is 14.5 Å². The molecule has 0 radical (unpaired) electrons. The zero-order chi connectivity index (χ0) is 18.5. The van der Waals surface area contributed by atoms with Gasteiger partial charge in [-0.1, -0.05) is 17.7 Å². The van der Waals surface area contributed by atoms with Gasteiger partial charge in [-0.15, -0.1) is 11.3 Å². The van der Waals surface area contributed by atoms with Gasteiger partial charge in [-0.3, -0.25) is 9.59 Å². The molecule has 1 aliphatic heterocycles. The largest absolute Gasteiger partial charge is 0.492 e. The maximum atomic E-state index is 12.8. The highest BCUT2D eigenvalue weighted by molar-refractivity contribution is 7.12. The number of likely N-dealkylation sites (N-methyl/N-ethyl adjacent to an activating group) is 1. The van der Waals surface area contributed by atoms with E-state index in [1.54, 1.807) is 47.2 Å². The van der Waals surface area contributed by atoms with Gasteiger partial charge in [0, 0.05) is 18.6 Å². The smallest absolute Gasteiger partial charge is 0.264 e. The quantitative estimate of drug-likeness (QED) is 0.755. The van der Waals surface area contributed by atoms with Crippen molar-refractivity contribution in [1.29, 1.82) is 0 Å². The third kappa shape index (κ3) is 4.37. The molecule has 7 heteroatoms. The van der Waals surface area contributed by atoms with E-state index >= 15 is 0 Å². The van der Waals surface area contributed by atoms with Gasteiger partial charge in [0.1, 0.15) is 18.4 Å². The second kappa shape index (κ2) is 8.56. The van der Waals surface area contributed by atoms with Crippen LogP contribution in [0, 0.1) is 0 Å². The van der Waals surface area contributed by atoms with Crippen molar-refractivity contribution in [3.8, 4) is 5.75 Å². The number of carbonyl (C=O) groups excluding carboxylic acids is 2. The van der Waals surface area contributed by atoms with Crippen LogP contribution in [0.1, 0.15) is 22.5 Å². The van der Waals surface area contributed by atoms with Gasteiger partial charge in [0.05, 0.1) is 11.4 Å². The molecule has 1 aromatic heterocycles. The molecule has 5 nitrogen and oxygen atoms in total. The van der Waals surface area contributed by atoms with Gasteiger partial charge in [0.25, 0.3) is 5.91 Å². The van der Waals surface area contributed by atoms with Crippen molar-refractivity contribution in [2.75, 3.05) is 26.7 Å². The topological polar surface area (TPSA) is 49.9 Å². The van der Waals surface area contributed by atoms with Gasteiger partial charge in [-0.05, 0) is 48.6 Å². The lowest BCUT2D eigenvalue weighted by Crippen LogP contribution is -2.47. The van der Waals surface area contributed by atoms with Crippen LogP contribution in [0.15, 0.2) is 41.8 Å². The second-order valence-electron chi connectivity index (χ2n) is 6.20. The predicted octanol–water partition coefficient (Wildman–Crippen LogP) is 3.54. The number of likely N-dealkylation sites (tertiary alicyclic amines) is 1. The Morgan fingerprint density at radius 1 is 1.31 bits per heavy atom. The summed E-state index contributed by atoms with van der Waals surface area (Å²) < 4.78 is 5.65. The number of benzene rings is 1. The van der Waals surface area contributed by atoms with Crippen LogP contribution in [0.25, 0.3) is 0 Å². The first kappa shape index (κ1) is 18.7. The Balaban J connectivity index is 1.53. The molecular weight excluding hydrogens is 372 g/mol. The van der Waals surface area contributed by atoms with Gasteiger partial charge in [0.15, 0.2) is 0 Å². The van der Waals surface area contributed by atoms with Crippen LogP contribution in [0.2, 0.25) is 5.02 Å². The molecule has 2 heterocycles. The summed E-state index contributed by atoms with van der Waals surface area (Å²) in [6.45, 7) is 1.47. The first-order valence-corrected chi connectivity index (χ1v) is 9.80. The Bertz CT molecular complexity index is 749. The highest BCUT2D eigenvalue weighted by atomic mass is 35.5. The highest BCUT2D eigenvalue weighted by Crippen LogP contribution is 2.23. The lowest BCUT2D eigenvalue weighted by atomic mass is 10.2. The summed E-state index contributed by atoms with van der Waals surface area (Å²) in [5.74, 6) is 0.624. The van der Waals surface area contributed by atoms with Crippen LogP contribution in [-0.2, 0) is 4.79 Å². The molecule has 26 heavy (non-hydrogen) atoms. The maximum Gasteiger partial charge on any atom is 0.264 e. The van der Waals surface area contributed by atoms with E-state index in [1.165, 1.54) is 11.3 Å². The fourth-order valence-electron chi connectivity index (χ4n) is 3.00. The molecule has 138 valence electrons. The summed E-state index contributed by atoms with van der Waals surface area (Å²) in [5.41, 5.74) is 0. The third-order valence-electron chi connectivity index (χ3n) is 4.42. The summed E-state index contributed by atoms with van der Waals surface area (Å²) >= 11 is 7.25. The molecule has 0 N–H and O–H groups in total. The molecule has 1 fully saturated rings. The zero-order valence-corrected chi connectivity index (χ0v) is 16.1. The van der Waals surface area contributed by atoms with Gasteiger partial charge in [-0.2, -0.15) is 0 Å². The van der Waals surface area contributed by atoms with Crippen molar-refractivity contribution in [2.45, 2.75) is 18.9 Å². The number of thiophene rings is 1. The van der Waals surface area contributed by atoms with Crippen molar-refractivity contribution in [3.63, 3.8) is 0 Å². The average Bonchev–Trinajstić information content (AvgIpc) is 3.34. The average molecular weight is 393 g/mol. The predicted molar refractivity (Wildman–Crippen MR) is 103 cm³/mol. The van der Waals surface area contributed by atoms with E-state index in [-0.39, 0.29) is 17.9 Å². The monoisotopic (exact) mass is 392 g/mol. The first-order valence-electron chi connectivity index (χ1n) is 8.54. The first-order chi connectivity index (χ1) is 12.6. The Labute approximate surface area is 162 Å². The van der Waals surface area contributed by atoms with Crippen molar-refractivity contribution >= 4 is 34.8 Å². The van der Waals surface area contributed by atoms with Crippen LogP contribution in [-0.4, -0.2) is 54.4 Å². The molecule has 0 saturated carbocycles. The Morgan fingerprint density at radius 2 is 2.08 bits per heavy atom. The number of ether oxygens (including phenoxy) is 1. The molecule has 1 aromatic carbocycles. The van der Waals surface area contributed by atoms with Gasteiger partial charge >= 0.3 is 0 Å². The molecule has 0 aliphatic carbocycles. The summed E-state index contributed by atoms with van der Waals surface area (Å²) in [6.07, 6.45) is 1.56. The second-order valence-corrected chi connectivity index (χ2v) is 7.58. The minimum absolute atomic E-state index is 0.0351. The highest BCUT2D eigenvalue weighted by Gasteiger charge is 2.36. The standard InChI is InChI=1S/C19H21ClN2O3S/c1-21(11-12-25-15-8-6-14(20)7-9-15)18(23)16-4-2-10-22(16)19(24)17-5-3-13-26-17/h3,5-9,13,16H,2,4,10-12H2,1H3/t16-/m1/s1. The molecule has 0 bridgehead atoms. The Kier molecular flexibility index (Phi) is 6.16. The molecule has 0 spiro atoms. The lowest BCUT2D eigenvalue weighted by Gasteiger charge is -2.27. The molecule has 1 aliphatic rings. The maximum absolute atomic E-state index is 12.8. The van der Waals surface area contributed by atoms with Crippen molar-refractivity contribution in [2.24, 2.45) is 0 Å². The number of hydrogen-bond acceptors (Lipinski definition) is 4. The number of carbonyl (C=O) groups is 2. The lowest BCUT2D eigenvalue weighted by molar-refractivity contribution is -0.134. The summed E-state index contributed by atoms with van der Waals surface area (Å²) in [6, 6.07) is 10.4. The molecule has 3 rings (SSSR count). The van der Waals surface area contributed by atoms with E-state index in [1.807, 2.05) is 11.4 Å². The van der Waals surface area contributed by atoms with Crippen LogP contribution in [0.4, 0.5) is 0 Å². The number of rotatable bonds is 6. The van der Waals surface area contributed by atoms with E-state index in [0.29, 0.717) is 41.8 Å². The van der Waals surface area contributed by atoms with E-state index in [0.717, 1.165) is 6.42 Å². The summed E-state index contributed by atoms with van der Waals surface area (Å²) in [5, 5.41) is 2.53. The fraction of sp³-hybridized carbons (Fsp3) is 0.368. The van der Waals surface area contributed by atoms with Gasteiger partial charge in [-0.25, -0.2) is 0 Å². The Hall–Kier alpha value is -2.05. The Morgan fingerprint density at radius 3 is 2.77 bits per heavy atom. The SMILES string of the molecule is CN(CCOc1ccc(Cl)cc1)C(=O)[C@H]1CCCN1C(=O)c1cccs1. The van der Waals surface area contributed by atoms with Crippen LogP contribution in [0.5, 0.6) is 5.75 Å². The van der Waals surface area contributed by atoms with E-state index in [2.05, 4.69) is 0 Å². The van der Waals surface area contributed by atoms with Crippen molar-refractivity contribution < 1.29 is 14.3 Å². The summed E-state index contributed by atoms with van der Waals surface area (Å²) in [4.78, 5) is 29.4. The molecule has 2 amide bonds. The number of nitrogens with zero attached hydrogens (tertiary/aromatic N) is 2. The zero-order valence-electron chi connectivity index (χ0n) is 14.6. The fourth-order valence-corrected chi connectivity index (χ4v) is 3.81. The molecule has 1 atom stereocenters. The number of hydrogen-bond donors (Lipinski definition) is 0.